The van der Waals surface area contributed by atoms with E-state index in [0.717, 1.165) is 51.7 Å². The van der Waals surface area contributed by atoms with E-state index in [4.69, 9.17) is 0 Å². The molecule has 4 nitrogen and oxygen atoms in total. The molecule has 2 amide bonds. The van der Waals surface area contributed by atoms with Gasteiger partial charge in [-0.05, 0) is 57.8 Å². The maximum absolute atomic E-state index is 12.6. The molecular formula is C21H34N2O2. The Labute approximate surface area is 152 Å². The van der Waals surface area contributed by atoms with Crippen LogP contribution in [0.5, 0.6) is 0 Å². The molecule has 0 bridgehead atoms. The molecule has 0 unspecified atom stereocenters. The van der Waals surface area contributed by atoms with Crippen molar-refractivity contribution < 1.29 is 9.59 Å². The average molecular weight is 347 g/mol. The fourth-order valence-corrected chi connectivity index (χ4v) is 4.59. The molecule has 25 heavy (non-hydrogen) atoms. The van der Waals surface area contributed by atoms with Crippen molar-refractivity contribution in [1.29, 1.82) is 0 Å². The molecule has 1 saturated carbocycles. The van der Waals surface area contributed by atoms with Crippen LogP contribution in [-0.2, 0) is 9.59 Å². The first-order valence-corrected chi connectivity index (χ1v) is 10.5. The molecule has 0 radical (unpaired) electrons. The molecule has 1 N–H and O–H groups in total. The lowest BCUT2D eigenvalue weighted by atomic mass is 9.87. The first kappa shape index (κ1) is 18.5. The lowest BCUT2D eigenvalue weighted by Crippen LogP contribution is -2.45. The minimum absolute atomic E-state index is 0.0933. The molecule has 0 atom stereocenters. The number of amides is 2. The summed E-state index contributed by atoms with van der Waals surface area (Å²) in [5.41, 5.74) is 1.51. The van der Waals surface area contributed by atoms with Gasteiger partial charge in [-0.25, -0.2) is 0 Å². The third-order valence-electron chi connectivity index (χ3n) is 6.26. The van der Waals surface area contributed by atoms with Crippen LogP contribution in [0.1, 0.15) is 77.0 Å². The lowest BCUT2D eigenvalue weighted by molar-refractivity contribution is -0.140. The Bertz CT molecular complexity index is 486. The normalized spacial score (nSPS) is 23.2. The van der Waals surface area contributed by atoms with Crippen LogP contribution in [0.3, 0.4) is 0 Å². The lowest BCUT2D eigenvalue weighted by Gasteiger charge is -2.34. The van der Waals surface area contributed by atoms with Gasteiger partial charge in [-0.1, -0.05) is 30.9 Å². The smallest absolute Gasteiger partial charge is 0.225 e. The zero-order chi connectivity index (χ0) is 17.5. The van der Waals surface area contributed by atoms with Gasteiger partial charge < -0.3 is 10.2 Å². The van der Waals surface area contributed by atoms with Gasteiger partial charge in [0.15, 0.2) is 0 Å². The number of hydrogen-bond donors (Lipinski definition) is 1. The topological polar surface area (TPSA) is 49.4 Å². The highest BCUT2D eigenvalue weighted by molar-refractivity contribution is 5.81. The summed E-state index contributed by atoms with van der Waals surface area (Å²) in [5, 5.41) is 3.12. The molecule has 2 aliphatic carbocycles. The van der Waals surface area contributed by atoms with E-state index >= 15 is 0 Å². The van der Waals surface area contributed by atoms with Gasteiger partial charge >= 0.3 is 0 Å². The van der Waals surface area contributed by atoms with Gasteiger partial charge in [0.1, 0.15) is 0 Å². The first-order chi connectivity index (χ1) is 12.2. The van der Waals surface area contributed by atoms with Crippen LogP contribution in [0.4, 0.5) is 0 Å². The number of rotatable bonds is 5. The maximum Gasteiger partial charge on any atom is 0.225 e. The van der Waals surface area contributed by atoms with E-state index in [-0.39, 0.29) is 17.7 Å². The second kappa shape index (κ2) is 9.40. The number of hydrogen-bond acceptors (Lipinski definition) is 2. The van der Waals surface area contributed by atoms with Gasteiger partial charge in [-0.3, -0.25) is 9.59 Å². The Balaban J connectivity index is 1.35. The average Bonchev–Trinajstić information content (AvgIpc) is 2.69. The van der Waals surface area contributed by atoms with Crippen molar-refractivity contribution in [3.05, 3.63) is 11.6 Å². The molecule has 3 aliphatic rings. The van der Waals surface area contributed by atoms with Crippen molar-refractivity contribution in [3.8, 4) is 0 Å². The third-order valence-corrected chi connectivity index (χ3v) is 6.26. The maximum atomic E-state index is 12.6. The summed E-state index contributed by atoms with van der Waals surface area (Å²) in [4.78, 5) is 27.0. The van der Waals surface area contributed by atoms with Crippen molar-refractivity contribution in [2.24, 2.45) is 11.8 Å². The number of carbonyl (C=O) groups excluding carboxylic acids is 2. The van der Waals surface area contributed by atoms with Gasteiger partial charge in [-0.2, -0.15) is 0 Å². The van der Waals surface area contributed by atoms with Crippen LogP contribution in [0.25, 0.3) is 0 Å². The van der Waals surface area contributed by atoms with Crippen molar-refractivity contribution in [2.75, 3.05) is 19.6 Å². The summed E-state index contributed by atoms with van der Waals surface area (Å²) in [5.74, 6) is 0.891. The minimum Gasteiger partial charge on any atom is -0.356 e. The van der Waals surface area contributed by atoms with Crippen LogP contribution in [0.15, 0.2) is 11.6 Å². The van der Waals surface area contributed by atoms with Crippen molar-refractivity contribution in [1.82, 2.24) is 10.2 Å². The van der Waals surface area contributed by atoms with Gasteiger partial charge in [0.05, 0.1) is 0 Å². The fraction of sp³-hybridized carbons (Fsp3) is 0.810. The van der Waals surface area contributed by atoms with Crippen LogP contribution in [0.2, 0.25) is 0 Å². The predicted molar refractivity (Wildman–Crippen MR) is 100 cm³/mol. The number of piperidine rings is 1. The SMILES string of the molecule is O=C(NCCC1=CCCCC1)C1CCN(C(=O)C2CCCCC2)CC1. The molecule has 1 saturated heterocycles. The molecule has 0 aromatic carbocycles. The summed E-state index contributed by atoms with van der Waals surface area (Å²) in [6.07, 6.45) is 15.8. The molecule has 1 heterocycles. The standard InChI is InChI=1S/C21H34N2O2/c24-20(22-14-11-17-7-3-1-4-8-17)18-12-15-23(16-13-18)21(25)19-9-5-2-6-10-19/h7,18-19H,1-6,8-16H2,(H,22,24). The largest absolute Gasteiger partial charge is 0.356 e. The van der Waals surface area contributed by atoms with E-state index in [9.17, 15) is 9.59 Å². The highest BCUT2D eigenvalue weighted by atomic mass is 16.2. The minimum atomic E-state index is 0.0933. The monoisotopic (exact) mass is 346 g/mol. The molecule has 0 aromatic rings. The number of nitrogens with one attached hydrogen (secondary N) is 1. The molecular weight excluding hydrogens is 312 g/mol. The molecule has 140 valence electrons. The Morgan fingerprint density at radius 1 is 0.960 bits per heavy atom. The second-order valence-corrected chi connectivity index (χ2v) is 8.08. The number of nitrogens with zero attached hydrogens (tertiary/aromatic N) is 1. The quantitative estimate of drug-likeness (QED) is 0.770. The third kappa shape index (κ3) is 5.32. The van der Waals surface area contributed by atoms with Crippen LogP contribution in [-0.4, -0.2) is 36.3 Å². The molecule has 0 spiro atoms. The zero-order valence-corrected chi connectivity index (χ0v) is 15.6. The molecule has 3 rings (SSSR count). The highest BCUT2D eigenvalue weighted by Gasteiger charge is 2.31. The second-order valence-electron chi connectivity index (χ2n) is 8.08. The van der Waals surface area contributed by atoms with E-state index in [2.05, 4.69) is 11.4 Å². The summed E-state index contributed by atoms with van der Waals surface area (Å²) in [7, 11) is 0. The van der Waals surface area contributed by atoms with Crippen molar-refractivity contribution >= 4 is 11.8 Å². The van der Waals surface area contributed by atoms with Gasteiger partial charge in [0.25, 0.3) is 0 Å². The first-order valence-electron chi connectivity index (χ1n) is 10.5. The Kier molecular flexibility index (Phi) is 6.94. The number of carbonyl (C=O) groups is 2. The van der Waals surface area contributed by atoms with Crippen LogP contribution in [0, 0.1) is 11.8 Å². The van der Waals surface area contributed by atoms with E-state index in [1.54, 1.807) is 0 Å². The van der Waals surface area contributed by atoms with Gasteiger partial charge in [0, 0.05) is 31.5 Å². The summed E-state index contributed by atoms with van der Waals surface area (Å²) < 4.78 is 0. The summed E-state index contributed by atoms with van der Waals surface area (Å²) in [6.45, 7) is 2.29. The van der Waals surface area contributed by atoms with Gasteiger partial charge in [0.2, 0.25) is 11.8 Å². The highest BCUT2D eigenvalue weighted by Crippen LogP contribution is 2.27. The Morgan fingerprint density at radius 2 is 1.72 bits per heavy atom. The number of allylic oxidation sites excluding steroid dienone is 1. The van der Waals surface area contributed by atoms with E-state index in [1.165, 1.54) is 50.5 Å². The Morgan fingerprint density at radius 3 is 2.40 bits per heavy atom. The summed E-state index contributed by atoms with van der Waals surface area (Å²) in [6, 6.07) is 0. The Hall–Kier alpha value is -1.32. The van der Waals surface area contributed by atoms with E-state index in [1.807, 2.05) is 4.90 Å². The molecule has 0 aromatic heterocycles. The van der Waals surface area contributed by atoms with E-state index < -0.39 is 0 Å². The molecule has 4 heteroatoms. The fourth-order valence-electron chi connectivity index (χ4n) is 4.59. The molecule has 2 fully saturated rings. The van der Waals surface area contributed by atoms with Crippen LogP contribution >= 0.6 is 0 Å². The van der Waals surface area contributed by atoms with Crippen molar-refractivity contribution in [3.63, 3.8) is 0 Å². The van der Waals surface area contributed by atoms with E-state index in [0.29, 0.717) is 5.91 Å². The number of likely N-dealkylation sites (tertiary alicyclic amines) is 1. The predicted octanol–water partition coefficient (Wildman–Crippen LogP) is 3.81. The molecule has 1 aliphatic heterocycles. The van der Waals surface area contributed by atoms with Crippen LogP contribution < -0.4 is 5.32 Å². The van der Waals surface area contributed by atoms with Crippen molar-refractivity contribution in [2.45, 2.75) is 77.0 Å². The zero-order valence-electron chi connectivity index (χ0n) is 15.6. The summed E-state index contributed by atoms with van der Waals surface area (Å²) >= 11 is 0. The van der Waals surface area contributed by atoms with Gasteiger partial charge in [-0.15, -0.1) is 0 Å².